The van der Waals surface area contributed by atoms with E-state index in [4.69, 9.17) is 0 Å². The summed E-state index contributed by atoms with van der Waals surface area (Å²) in [5.74, 6) is -1.16. The van der Waals surface area contributed by atoms with Gasteiger partial charge in [-0.3, -0.25) is 13.9 Å². The number of hydrogen-bond acceptors (Lipinski definition) is 4. The lowest BCUT2D eigenvalue weighted by atomic mass is 10.1. The first-order valence-corrected chi connectivity index (χ1v) is 14.2. The monoisotopic (exact) mass is 517 g/mol. The third kappa shape index (κ3) is 7.06. The standard InChI is InChI=1S/C27H36FN3O4S/c1-5-24(27(33)29-23-8-6-7-9-23)30(17-21-11-13-22(28)14-12-21)26(32)18-31(36(4,34)35)25-15-10-19(2)16-20(25)3/h10-16,23-24H,5-9,17-18H2,1-4H3,(H,29,33). The largest absolute Gasteiger partial charge is 0.352 e. The van der Waals surface area contributed by atoms with E-state index in [2.05, 4.69) is 5.32 Å². The van der Waals surface area contributed by atoms with Gasteiger partial charge in [0.1, 0.15) is 18.4 Å². The van der Waals surface area contributed by atoms with Crippen LogP contribution in [0, 0.1) is 19.7 Å². The Morgan fingerprint density at radius 2 is 1.72 bits per heavy atom. The van der Waals surface area contributed by atoms with E-state index in [1.165, 1.54) is 17.0 Å². The zero-order valence-corrected chi connectivity index (χ0v) is 22.3. The molecule has 0 heterocycles. The molecule has 196 valence electrons. The Balaban J connectivity index is 1.93. The maximum atomic E-state index is 13.7. The molecule has 0 aliphatic heterocycles. The van der Waals surface area contributed by atoms with Gasteiger partial charge in [-0.15, -0.1) is 0 Å². The molecule has 1 atom stereocenters. The number of halogens is 1. The van der Waals surface area contributed by atoms with Crippen LogP contribution in [-0.2, 0) is 26.2 Å². The number of anilines is 1. The minimum absolute atomic E-state index is 0.0557. The minimum Gasteiger partial charge on any atom is -0.352 e. The van der Waals surface area contributed by atoms with Gasteiger partial charge in [-0.05, 0) is 62.4 Å². The average molecular weight is 518 g/mol. The maximum absolute atomic E-state index is 13.7. The topological polar surface area (TPSA) is 86.8 Å². The van der Waals surface area contributed by atoms with Gasteiger partial charge in [0.25, 0.3) is 0 Å². The van der Waals surface area contributed by atoms with Crippen molar-refractivity contribution in [3.8, 4) is 0 Å². The van der Waals surface area contributed by atoms with Gasteiger partial charge in [0.05, 0.1) is 11.9 Å². The Kier molecular flexibility index (Phi) is 9.11. The van der Waals surface area contributed by atoms with Crippen molar-refractivity contribution in [1.29, 1.82) is 0 Å². The van der Waals surface area contributed by atoms with Crippen molar-refractivity contribution in [3.05, 3.63) is 65.0 Å². The van der Waals surface area contributed by atoms with Crippen LogP contribution in [0.4, 0.5) is 10.1 Å². The van der Waals surface area contributed by atoms with Gasteiger partial charge in [0.2, 0.25) is 21.8 Å². The number of carbonyl (C=O) groups is 2. The minimum atomic E-state index is -3.80. The molecule has 1 fully saturated rings. The highest BCUT2D eigenvalue weighted by molar-refractivity contribution is 7.92. The van der Waals surface area contributed by atoms with Crippen LogP contribution in [-0.4, -0.2) is 50.0 Å². The highest BCUT2D eigenvalue weighted by atomic mass is 32.2. The van der Waals surface area contributed by atoms with Crippen molar-refractivity contribution in [3.63, 3.8) is 0 Å². The molecule has 0 aromatic heterocycles. The number of hydrogen-bond donors (Lipinski definition) is 1. The first kappa shape index (κ1) is 27.6. The van der Waals surface area contributed by atoms with Crippen LogP contribution in [0.3, 0.4) is 0 Å². The smallest absolute Gasteiger partial charge is 0.244 e. The molecule has 3 rings (SSSR count). The summed E-state index contributed by atoms with van der Waals surface area (Å²) in [7, 11) is -3.80. The quantitative estimate of drug-likeness (QED) is 0.515. The van der Waals surface area contributed by atoms with Crippen molar-refractivity contribution in [2.75, 3.05) is 17.1 Å². The summed E-state index contributed by atoms with van der Waals surface area (Å²) in [5, 5.41) is 3.07. The third-order valence-electron chi connectivity index (χ3n) is 6.65. The molecule has 1 saturated carbocycles. The van der Waals surface area contributed by atoms with Crippen LogP contribution in [0.5, 0.6) is 0 Å². The zero-order chi connectivity index (χ0) is 26.5. The van der Waals surface area contributed by atoms with Crippen LogP contribution in [0.15, 0.2) is 42.5 Å². The maximum Gasteiger partial charge on any atom is 0.244 e. The van der Waals surface area contributed by atoms with Crippen molar-refractivity contribution in [2.24, 2.45) is 0 Å². The van der Waals surface area contributed by atoms with E-state index in [9.17, 15) is 22.4 Å². The summed E-state index contributed by atoms with van der Waals surface area (Å²) in [6, 6.07) is 10.4. The molecule has 9 heteroatoms. The summed E-state index contributed by atoms with van der Waals surface area (Å²) < 4.78 is 40.1. The zero-order valence-electron chi connectivity index (χ0n) is 21.5. The summed E-state index contributed by atoms with van der Waals surface area (Å²) in [5.41, 5.74) is 2.77. The lowest BCUT2D eigenvalue weighted by molar-refractivity contribution is -0.140. The van der Waals surface area contributed by atoms with Crippen molar-refractivity contribution >= 4 is 27.5 Å². The predicted molar refractivity (Wildman–Crippen MR) is 140 cm³/mol. The van der Waals surface area contributed by atoms with E-state index >= 15 is 0 Å². The molecular formula is C27H36FN3O4S. The lowest BCUT2D eigenvalue weighted by Gasteiger charge is -2.33. The number of amides is 2. The lowest BCUT2D eigenvalue weighted by Crippen LogP contribution is -2.53. The summed E-state index contributed by atoms with van der Waals surface area (Å²) in [4.78, 5) is 28.4. The van der Waals surface area contributed by atoms with Crippen LogP contribution in [0.1, 0.15) is 55.7 Å². The molecule has 7 nitrogen and oxygen atoms in total. The van der Waals surface area contributed by atoms with Crippen LogP contribution in [0.2, 0.25) is 0 Å². The molecule has 1 N–H and O–H groups in total. The molecule has 2 aromatic rings. The summed E-state index contributed by atoms with van der Waals surface area (Å²) in [6.45, 7) is 5.14. The van der Waals surface area contributed by atoms with Gasteiger partial charge in [-0.25, -0.2) is 12.8 Å². The van der Waals surface area contributed by atoms with E-state index < -0.39 is 34.3 Å². The third-order valence-corrected chi connectivity index (χ3v) is 7.78. The van der Waals surface area contributed by atoms with Crippen LogP contribution in [0.25, 0.3) is 0 Å². The Morgan fingerprint density at radius 1 is 1.08 bits per heavy atom. The fourth-order valence-corrected chi connectivity index (χ4v) is 5.66. The highest BCUT2D eigenvalue weighted by Gasteiger charge is 2.33. The Labute approximate surface area is 213 Å². The fourth-order valence-electron chi connectivity index (χ4n) is 4.75. The van der Waals surface area contributed by atoms with Gasteiger partial charge < -0.3 is 10.2 Å². The van der Waals surface area contributed by atoms with E-state index in [0.717, 1.165) is 47.4 Å². The number of nitrogens with one attached hydrogen (secondary N) is 1. The Hall–Kier alpha value is -2.94. The number of sulfonamides is 1. The number of nitrogens with zero attached hydrogens (tertiary/aromatic N) is 2. The molecule has 36 heavy (non-hydrogen) atoms. The van der Waals surface area contributed by atoms with Gasteiger partial charge in [0.15, 0.2) is 0 Å². The molecule has 0 saturated heterocycles. The van der Waals surface area contributed by atoms with Gasteiger partial charge in [-0.1, -0.05) is 49.6 Å². The number of rotatable bonds is 10. The van der Waals surface area contributed by atoms with Crippen molar-refractivity contribution in [2.45, 2.75) is 71.5 Å². The van der Waals surface area contributed by atoms with E-state index in [1.807, 2.05) is 19.9 Å². The Bertz CT molecular complexity index is 1180. The van der Waals surface area contributed by atoms with Crippen LogP contribution >= 0.6 is 0 Å². The summed E-state index contributed by atoms with van der Waals surface area (Å²) >= 11 is 0. The first-order chi connectivity index (χ1) is 17.0. The van der Waals surface area contributed by atoms with Crippen molar-refractivity contribution < 1.29 is 22.4 Å². The molecule has 0 bridgehead atoms. The Morgan fingerprint density at radius 3 is 2.28 bits per heavy atom. The number of benzene rings is 2. The average Bonchev–Trinajstić information content (AvgIpc) is 3.31. The molecular weight excluding hydrogens is 481 g/mol. The van der Waals surface area contributed by atoms with E-state index in [1.54, 1.807) is 31.2 Å². The van der Waals surface area contributed by atoms with E-state index in [0.29, 0.717) is 17.7 Å². The van der Waals surface area contributed by atoms with Gasteiger partial charge in [-0.2, -0.15) is 0 Å². The molecule has 1 aliphatic rings. The van der Waals surface area contributed by atoms with Gasteiger partial charge in [0, 0.05) is 12.6 Å². The second kappa shape index (κ2) is 11.9. The first-order valence-electron chi connectivity index (χ1n) is 12.4. The number of aryl methyl sites for hydroxylation is 2. The van der Waals surface area contributed by atoms with E-state index in [-0.39, 0.29) is 18.5 Å². The second-order valence-corrected chi connectivity index (χ2v) is 11.5. The molecule has 2 aromatic carbocycles. The fraction of sp³-hybridized carbons (Fsp3) is 0.481. The molecule has 2 amide bonds. The van der Waals surface area contributed by atoms with Crippen molar-refractivity contribution in [1.82, 2.24) is 10.2 Å². The SMILES string of the molecule is CCC(C(=O)NC1CCCC1)N(Cc1ccc(F)cc1)C(=O)CN(c1ccc(C)cc1C)S(C)(=O)=O. The second-order valence-electron chi connectivity index (χ2n) is 9.62. The summed E-state index contributed by atoms with van der Waals surface area (Å²) in [6.07, 6.45) is 5.34. The predicted octanol–water partition coefficient (Wildman–Crippen LogP) is 4.07. The molecule has 1 aliphatic carbocycles. The number of carbonyl (C=O) groups excluding carboxylic acids is 2. The molecule has 0 spiro atoms. The van der Waals surface area contributed by atoms with Gasteiger partial charge >= 0.3 is 0 Å². The molecule has 1 unspecified atom stereocenters. The highest BCUT2D eigenvalue weighted by Crippen LogP contribution is 2.25. The van der Waals surface area contributed by atoms with Crippen LogP contribution < -0.4 is 9.62 Å². The molecule has 0 radical (unpaired) electrons. The normalized spacial score (nSPS) is 14.9.